The van der Waals surface area contributed by atoms with E-state index in [4.69, 9.17) is 22.1 Å². The summed E-state index contributed by atoms with van der Waals surface area (Å²) < 4.78 is 4.74. The van der Waals surface area contributed by atoms with E-state index in [9.17, 15) is 4.79 Å². The van der Waals surface area contributed by atoms with Crippen LogP contribution in [0.1, 0.15) is 17.5 Å². The lowest BCUT2D eigenvalue weighted by Crippen LogP contribution is -2.52. The van der Waals surface area contributed by atoms with Gasteiger partial charge in [-0.15, -0.1) is 0 Å². The van der Waals surface area contributed by atoms with Crippen molar-refractivity contribution >= 4 is 17.6 Å². The van der Waals surface area contributed by atoms with Crippen LogP contribution < -0.4 is 5.73 Å². The van der Waals surface area contributed by atoms with E-state index in [-0.39, 0.29) is 5.97 Å². The van der Waals surface area contributed by atoms with Crippen LogP contribution in [0, 0.1) is 0 Å². The minimum Gasteiger partial charge on any atom is -0.468 e. The number of carbonyl (C=O) groups is 1. The Morgan fingerprint density at radius 1 is 1.50 bits per heavy atom. The number of esters is 1. The summed E-state index contributed by atoms with van der Waals surface area (Å²) in [4.78, 5) is 11.6. The van der Waals surface area contributed by atoms with Crippen molar-refractivity contribution < 1.29 is 9.53 Å². The van der Waals surface area contributed by atoms with E-state index < -0.39 is 5.54 Å². The Morgan fingerprint density at radius 2 is 2.25 bits per heavy atom. The third-order valence-corrected chi connectivity index (χ3v) is 3.34. The molecule has 4 heteroatoms. The summed E-state index contributed by atoms with van der Waals surface area (Å²) in [5, 5.41) is 0.723. The van der Waals surface area contributed by atoms with Gasteiger partial charge in [0, 0.05) is 11.4 Å². The van der Waals surface area contributed by atoms with Gasteiger partial charge in [-0.3, -0.25) is 4.79 Å². The number of rotatable bonds is 1. The maximum absolute atomic E-state index is 11.6. The molecule has 0 bridgehead atoms. The van der Waals surface area contributed by atoms with E-state index in [2.05, 4.69) is 0 Å². The molecule has 1 aromatic rings. The van der Waals surface area contributed by atoms with Gasteiger partial charge in [-0.05, 0) is 36.1 Å². The van der Waals surface area contributed by atoms with Gasteiger partial charge in [0.2, 0.25) is 0 Å². The fourth-order valence-corrected chi connectivity index (χ4v) is 2.36. The molecule has 0 saturated carbocycles. The maximum atomic E-state index is 11.6. The van der Waals surface area contributed by atoms with Crippen LogP contribution in [0.5, 0.6) is 0 Å². The van der Waals surface area contributed by atoms with Gasteiger partial charge in [0.05, 0.1) is 7.11 Å². The molecule has 0 saturated heterocycles. The molecule has 16 heavy (non-hydrogen) atoms. The molecule has 3 nitrogen and oxygen atoms in total. The number of aryl methyl sites for hydroxylation is 1. The van der Waals surface area contributed by atoms with Gasteiger partial charge >= 0.3 is 5.97 Å². The molecule has 0 fully saturated rings. The molecule has 0 radical (unpaired) electrons. The first-order valence-electron chi connectivity index (χ1n) is 5.20. The Bertz CT molecular complexity index is 433. The second-order valence-electron chi connectivity index (χ2n) is 4.24. The Morgan fingerprint density at radius 3 is 2.94 bits per heavy atom. The molecule has 0 unspecified atom stereocenters. The van der Waals surface area contributed by atoms with E-state index in [1.807, 2.05) is 18.2 Å². The average molecular weight is 240 g/mol. The summed E-state index contributed by atoms with van der Waals surface area (Å²) in [7, 11) is 1.37. The van der Waals surface area contributed by atoms with Gasteiger partial charge in [0.1, 0.15) is 5.54 Å². The minimum absolute atomic E-state index is 0.340. The Balaban J connectivity index is 2.30. The van der Waals surface area contributed by atoms with Crippen molar-refractivity contribution in [3.8, 4) is 0 Å². The van der Waals surface area contributed by atoms with Crippen LogP contribution in [-0.4, -0.2) is 18.6 Å². The smallest absolute Gasteiger partial charge is 0.326 e. The van der Waals surface area contributed by atoms with Gasteiger partial charge in [0.15, 0.2) is 0 Å². The highest BCUT2D eigenvalue weighted by atomic mass is 35.5. The number of hydrogen-bond donors (Lipinski definition) is 1. The van der Waals surface area contributed by atoms with Crippen molar-refractivity contribution in [2.45, 2.75) is 24.8 Å². The molecule has 0 spiro atoms. The lowest BCUT2D eigenvalue weighted by Gasteiger charge is -2.32. The van der Waals surface area contributed by atoms with E-state index >= 15 is 0 Å². The summed E-state index contributed by atoms with van der Waals surface area (Å²) in [6.45, 7) is 0. The van der Waals surface area contributed by atoms with Crippen molar-refractivity contribution in [2.75, 3.05) is 7.11 Å². The molecule has 1 aromatic carbocycles. The second kappa shape index (κ2) is 4.07. The van der Waals surface area contributed by atoms with Crippen LogP contribution in [0.4, 0.5) is 0 Å². The third kappa shape index (κ3) is 1.93. The zero-order valence-corrected chi connectivity index (χ0v) is 9.88. The Hall–Kier alpha value is -1.06. The predicted molar refractivity (Wildman–Crippen MR) is 62.4 cm³/mol. The SMILES string of the molecule is COC(=O)[C@]1(N)CCc2cc(Cl)ccc2C1. The van der Waals surface area contributed by atoms with E-state index in [1.54, 1.807) is 0 Å². The molecule has 0 aliphatic heterocycles. The van der Waals surface area contributed by atoms with Crippen LogP contribution in [0.15, 0.2) is 18.2 Å². The number of ether oxygens (including phenoxy) is 1. The Kier molecular flexibility index (Phi) is 2.91. The summed E-state index contributed by atoms with van der Waals surface area (Å²) in [6.07, 6.45) is 1.89. The highest BCUT2D eigenvalue weighted by Crippen LogP contribution is 2.29. The van der Waals surface area contributed by atoms with Gasteiger partial charge in [-0.2, -0.15) is 0 Å². The zero-order valence-electron chi connectivity index (χ0n) is 9.13. The van der Waals surface area contributed by atoms with Gasteiger partial charge < -0.3 is 10.5 Å². The van der Waals surface area contributed by atoms with Crippen LogP contribution in [-0.2, 0) is 22.4 Å². The molecular formula is C12H14ClNO2. The van der Waals surface area contributed by atoms with Crippen molar-refractivity contribution in [3.63, 3.8) is 0 Å². The number of hydrogen-bond acceptors (Lipinski definition) is 3. The van der Waals surface area contributed by atoms with Crippen LogP contribution in [0.25, 0.3) is 0 Å². The number of benzene rings is 1. The second-order valence-corrected chi connectivity index (χ2v) is 4.67. The maximum Gasteiger partial charge on any atom is 0.326 e. The normalized spacial score (nSPS) is 23.7. The number of carbonyl (C=O) groups excluding carboxylic acids is 1. The molecule has 0 aromatic heterocycles. The topological polar surface area (TPSA) is 52.3 Å². The molecule has 86 valence electrons. The predicted octanol–water partition coefficient (Wildman–Crippen LogP) is 1.70. The molecule has 2 N–H and O–H groups in total. The summed E-state index contributed by atoms with van der Waals surface area (Å²) in [5.41, 5.74) is 7.44. The van der Waals surface area contributed by atoms with Crippen molar-refractivity contribution in [3.05, 3.63) is 34.3 Å². The third-order valence-electron chi connectivity index (χ3n) is 3.11. The summed E-state index contributed by atoms with van der Waals surface area (Å²) >= 11 is 5.91. The highest BCUT2D eigenvalue weighted by Gasteiger charge is 2.38. The van der Waals surface area contributed by atoms with Crippen molar-refractivity contribution in [1.29, 1.82) is 0 Å². The van der Waals surface area contributed by atoms with Crippen LogP contribution >= 0.6 is 11.6 Å². The fraction of sp³-hybridized carbons (Fsp3) is 0.417. The molecule has 2 rings (SSSR count). The zero-order chi connectivity index (χ0) is 11.8. The van der Waals surface area contributed by atoms with Gasteiger partial charge in [0.25, 0.3) is 0 Å². The van der Waals surface area contributed by atoms with Gasteiger partial charge in [-0.1, -0.05) is 17.7 Å². The van der Waals surface area contributed by atoms with Crippen molar-refractivity contribution in [2.24, 2.45) is 5.73 Å². The largest absolute Gasteiger partial charge is 0.468 e. The Labute approximate surface area is 99.5 Å². The van der Waals surface area contributed by atoms with Crippen molar-refractivity contribution in [1.82, 2.24) is 0 Å². The summed E-state index contributed by atoms with van der Waals surface area (Å²) in [6, 6.07) is 5.69. The fourth-order valence-electron chi connectivity index (χ4n) is 2.16. The lowest BCUT2D eigenvalue weighted by atomic mass is 9.79. The number of halogens is 1. The minimum atomic E-state index is -0.879. The van der Waals surface area contributed by atoms with E-state index in [0.29, 0.717) is 12.8 Å². The first-order valence-corrected chi connectivity index (χ1v) is 5.57. The molecule has 1 aliphatic rings. The van der Waals surface area contributed by atoms with E-state index in [1.165, 1.54) is 12.7 Å². The van der Waals surface area contributed by atoms with Crippen LogP contribution in [0.2, 0.25) is 5.02 Å². The number of fused-ring (bicyclic) bond motifs is 1. The lowest BCUT2D eigenvalue weighted by molar-refractivity contribution is -0.147. The molecule has 1 aliphatic carbocycles. The molecular weight excluding hydrogens is 226 g/mol. The van der Waals surface area contributed by atoms with E-state index in [0.717, 1.165) is 17.0 Å². The standard InChI is InChI=1S/C12H14ClNO2/c1-16-11(15)12(14)5-4-8-6-10(13)3-2-9(8)7-12/h2-3,6H,4-5,7,14H2,1H3/t12-/m0/s1. The first kappa shape index (κ1) is 11.4. The first-order chi connectivity index (χ1) is 7.55. The summed E-state index contributed by atoms with van der Waals surface area (Å²) in [5.74, 6) is -0.340. The molecule has 1 atom stereocenters. The number of nitrogens with two attached hydrogens (primary N) is 1. The molecule has 0 amide bonds. The average Bonchev–Trinajstić information content (AvgIpc) is 2.28. The highest BCUT2D eigenvalue weighted by molar-refractivity contribution is 6.30. The van der Waals surface area contributed by atoms with Crippen LogP contribution in [0.3, 0.4) is 0 Å². The number of methoxy groups -OCH3 is 1. The van der Waals surface area contributed by atoms with Gasteiger partial charge in [-0.25, -0.2) is 0 Å². The quantitative estimate of drug-likeness (QED) is 0.759. The molecule has 0 heterocycles. The monoisotopic (exact) mass is 239 g/mol.